The minimum Gasteiger partial charge on any atom is -0.383 e. The third-order valence-electron chi connectivity index (χ3n) is 3.25. The zero-order chi connectivity index (χ0) is 13.6. The Labute approximate surface area is 110 Å². The van der Waals surface area contributed by atoms with Crippen LogP contribution in [0.4, 0.5) is 0 Å². The molecule has 1 aliphatic rings. The van der Waals surface area contributed by atoms with Gasteiger partial charge in [0, 0.05) is 25.7 Å². The van der Waals surface area contributed by atoms with Crippen LogP contribution < -0.4 is 10.5 Å². The maximum Gasteiger partial charge on any atom is 0.280 e. The molecule has 2 unspecified atom stereocenters. The minimum absolute atomic E-state index is 0.0670. The van der Waals surface area contributed by atoms with E-state index in [9.17, 15) is 8.42 Å². The third-order valence-corrected chi connectivity index (χ3v) is 5.04. The quantitative estimate of drug-likeness (QED) is 0.690. The lowest BCUT2D eigenvalue weighted by Gasteiger charge is -2.33. The maximum atomic E-state index is 12.3. The van der Waals surface area contributed by atoms with Crippen LogP contribution in [-0.2, 0) is 14.9 Å². The smallest absolute Gasteiger partial charge is 0.280 e. The van der Waals surface area contributed by atoms with E-state index in [2.05, 4.69) is 4.72 Å². The fraction of sp³-hybridized carbons (Fsp3) is 1.00. The van der Waals surface area contributed by atoms with Crippen molar-refractivity contribution in [3.05, 3.63) is 0 Å². The van der Waals surface area contributed by atoms with E-state index in [-0.39, 0.29) is 12.1 Å². The highest BCUT2D eigenvalue weighted by Crippen LogP contribution is 2.19. The standard InChI is InChI=1S/C11H25N3O3S/c1-10-5-3-4-8-14(10)18(15,16)13-11(6-7-12)9-17-2/h10-11,13H,3-9,12H2,1-2H3. The highest BCUT2D eigenvalue weighted by Gasteiger charge is 2.30. The molecule has 3 N–H and O–H groups in total. The number of piperidine rings is 1. The monoisotopic (exact) mass is 279 g/mol. The molecule has 6 nitrogen and oxygen atoms in total. The first-order valence-electron chi connectivity index (χ1n) is 6.49. The Balaban J connectivity index is 2.66. The summed E-state index contributed by atoms with van der Waals surface area (Å²) in [5.41, 5.74) is 5.48. The number of ether oxygens (including phenoxy) is 1. The summed E-state index contributed by atoms with van der Waals surface area (Å²) >= 11 is 0. The van der Waals surface area contributed by atoms with E-state index in [1.165, 1.54) is 0 Å². The molecule has 0 radical (unpaired) electrons. The lowest BCUT2D eigenvalue weighted by Crippen LogP contribution is -2.51. The van der Waals surface area contributed by atoms with Crippen LogP contribution in [0.1, 0.15) is 32.6 Å². The molecule has 18 heavy (non-hydrogen) atoms. The van der Waals surface area contributed by atoms with Gasteiger partial charge in [0.2, 0.25) is 0 Å². The van der Waals surface area contributed by atoms with Crippen LogP contribution in [0.15, 0.2) is 0 Å². The number of hydrogen-bond donors (Lipinski definition) is 2. The Morgan fingerprint density at radius 3 is 2.78 bits per heavy atom. The molecule has 1 fully saturated rings. The van der Waals surface area contributed by atoms with Gasteiger partial charge in [0.15, 0.2) is 0 Å². The Hall–Kier alpha value is -0.210. The SMILES string of the molecule is COCC(CCN)NS(=O)(=O)N1CCCCC1C. The molecule has 1 heterocycles. The molecule has 7 heteroatoms. The fourth-order valence-electron chi connectivity index (χ4n) is 2.29. The van der Waals surface area contributed by atoms with Gasteiger partial charge < -0.3 is 10.5 Å². The molecule has 0 spiro atoms. The Bertz CT molecular complexity index is 328. The fourth-order valence-corrected chi connectivity index (χ4v) is 3.98. The first-order valence-corrected chi connectivity index (χ1v) is 7.93. The Morgan fingerprint density at radius 2 is 2.22 bits per heavy atom. The zero-order valence-corrected chi connectivity index (χ0v) is 12.1. The number of rotatable bonds is 7. The van der Waals surface area contributed by atoms with Crippen LogP contribution in [0.5, 0.6) is 0 Å². The average molecular weight is 279 g/mol. The largest absolute Gasteiger partial charge is 0.383 e. The van der Waals surface area contributed by atoms with Crippen molar-refractivity contribution in [2.45, 2.75) is 44.7 Å². The summed E-state index contributed by atoms with van der Waals surface area (Å²) in [6.45, 7) is 3.33. The van der Waals surface area contributed by atoms with Gasteiger partial charge in [-0.2, -0.15) is 17.4 Å². The van der Waals surface area contributed by atoms with Crippen molar-refractivity contribution < 1.29 is 13.2 Å². The molecule has 0 aliphatic carbocycles. The van der Waals surface area contributed by atoms with E-state index in [1.54, 1.807) is 11.4 Å². The van der Waals surface area contributed by atoms with Crippen molar-refractivity contribution in [1.82, 2.24) is 9.03 Å². The summed E-state index contributed by atoms with van der Waals surface area (Å²) in [6.07, 6.45) is 3.52. The van der Waals surface area contributed by atoms with Gasteiger partial charge in [-0.15, -0.1) is 0 Å². The van der Waals surface area contributed by atoms with Gasteiger partial charge in [-0.1, -0.05) is 6.42 Å². The van der Waals surface area contributed by atoms with Crippen molar-refractivity contribution in [3.8, 4) is 0 Å². The van der Waals surface area contributed by atoms with Crippen LogP contribution in [0.25, 0.3) is 0 Å². The average Bonchev–Trinajstić information content (AvgIpc) is 2.29. The van der Waals surface area contributed by atoms with Crippen LogP contribution in [0, 0.1) is 0 Å². The van der Waals surface area contributed by atoms with Crippen LogP contribution in [0.2, 0.25) is 0 Å². The second-order valence-corrected chi connectivity index (χ2v) is 6.46. The Kier molecular flexibility index (Phi) is 6.51. The summed E-state index contributed by atoms with van der Waals surface area (Å²) in [6, 6.07) is -0.184. The first-order chi connectivity index (χ1) is 8.51. The number of nitrogens with two attached hydrogens (primary N) is 1. The summed E-state index contributed by atoms with van der Waals surface area (Å²) in [5.74, 6) is 0. The van der Waals surface area contributed by atoms with Crippen molar-refractivity contribution in [2.75, 3.05) is 26.8 Å². The van der Waals surface area contributed by atoms with E-state index in [0.717, 1.165) is 19.3 Å². The predicted octanol–water partition coefficient (Wildman–Crippen LogP) is 0.0590. The third kappa shape index (κ3) is 4.47. The van der Waals surface area contributed by atoms with E-state index in [0.29, 0.717) is 26.1 Å². The molecule has 1 rings (SSSR count). The molecule has 1 saturated heterocycles. The molecular weight excluding hydrogens is 254 g/mol. The van der Waals surface area contributed by atoms with Crippen LogP contribution in [0.3, 0.4) is 0 Å². The van der Waals surface area contributed by atoms with Gasteiger partial charge in [0.05, 0.1) is 6.61 Å². The van der Waals surface area contributed by atoms with E-state index >= 15 is 0 Å². The number of nitrogens with zero attached hydrogens (tertiary/aromatic N) is 1. The lowest BCUT2D eigenvalue weighted by atomic mass is 10.1. The van der Waals surface area contributed by atoms with Crippen molar-refractivity contribution in [2.24, 2.45) is 5.73 Å². The van der Waals surface area contributed by atoms with Crippen molar-refractivity contribution >= 4 is 10.2 Å². The van der Waals surface area contributed by atoms with E-state index in [1.807, 2.05) is 6.92 Å². The van der Waals surface area contributed by atoms with E-state index in [4.69, 9.17) is 10.5 Å². The zero-order valence-electron chi connectivity index (χ0n) is 11.3. The maximum absolute atomic E-state index is 12.3. The highest BCUT2D eigenvalue weighted by molar-refractivity contribution is 7.87. The molecule has 0 saturated carbocycles. The molecule has 0 aromatic carbocycles. The van der Waals surface area contributed by atoms with Crippen LogP contribution >= 0.6 is 0 Å². The normalized spacial score (nSPS) is 24.1. The number of hydrogen-bond acceptors (Lipinski definition) is 4. The molecule has 1 aliphatic heterocycles. The molecule has 0 aromatic heterocycles. The summed E-state index contributed by atoms with van der Waals surface area (Å²) in [7, 11) is -1.87. The highest BCUT2D eigenvalue weighted by atomic mass is 32.2. The molecule has 108 valence electrons. The van der Waals surface area contributed by atoms with Crippen molar-refractivity contribution in [3.63, 3.8) is 0 Å². The van der Waals surface area contributed by atoms with Gasteiger partial charge in [0.1, 0.15) is 0 Å². The second kappa shape index (κ2) is 7.40. The number of methoxy groups -OCH3 is 1. The van der Waals surface area contributed by atoms with Gasteiger partial charge in [-0.25, -0.2) is 0 Å². The molecule has 0 amide bonds. The summed E-state index contributed by atoms with van der Waals surface area (Å²) < 4.78 is 33.8. The van der Waals surface area contributed by atoms with Gasteiger partial charge in [-0.3, -0.25) is 0 Å². The topological polar surface area (TPSA) is 84.7 Å². The predicted molar refractivity (Wildman–Crippen MR) is 71.4 cm³/mol. The van der Waals surface area contributed by atoms with Crippen molar-refractivity contribution in [1.29, 1.82) is 0 Å². The van der Waals surface area contributed by atoms with E-state index < -0.39 is 10.2 Å². The Morgan fingerprint density at radius 1 is 1.50 bits per heavy atom. The van der Waals surface area contributed by atoms with Gasteiger partial charge in [0.25, 0.3) is 10.2 Å². The number of nitrogens with one attached hydrogen (secondary N) is 1. The summed E-state index contributed by atoms with van der Waals surface area (Å²) in [4.78, 5) is 0. The van der Waals surface area contributed by atoms with Gasteiger partial charge in [-0.05, 0) is 32.7 Å². The molecular formula is C11H25N3O3S. The minimum atomic E-state index is -3.43. The lowest BCUT2D eigenvalue weighted by molar-refractivity contribution is 0.169. The molecule has 0 bridgehead atoms. The molecule has 2 atom stereocenters. The van der Waals surface area contributed by atoms with Gasteiger partial charge >= 0.3 is 0 Å². The second-order valence-electron chi connectivity index (χ2n) is 4.81. The first kappa shape index (κ1) is 15.8. The van der Waals surface area contributed by atoms with Crippen LogP contribution in [-0.4, -0.2) is 51.6 Å². The summed E-state index contributed by atoms with van der Waals surface area (Å²) in [5, 5.41) is 0. The molecule has 0 aromatic rings.